The summed E-state index contributed by atoms with van der Waals surface area (Å²) >= 11 is 8.83. The predicted octanol–water partition coefficient (Wildman–Crippen LogP) is 4.62. The Bertz CT molecular complexity index is 562. The van der Waals surface area contributed by atoms with Crippen molar-refractivity contribution in [3.8, 4) is 11.5 Å². The molecule has 0 saturated carbocycles. The van der Waals surface area contributed by atoms with Crippen LogP contribution < -0.4 is 10.5 Å². The van der Waals surface area contributed by atoms with E-state index in [-0.39, 0.29) is 0 Å². The van der Waals surface area contributed by atoms with Gasteiger partial charge in [-0.15, -0.1) is 0 Å². The summed E-state index contributed by atoms with van der Waals surface area (Å²) in [6.07, 6.45) is 0. The molecule has 5 heteroatoms. The lowest BCUT2D eigenvalue weighted by Crippen LogP contribution is -1.92. The Kier molecular flexibility index (Phi) is 3.54. The number of benzene rings is 2. The topological polar surface area (TPSA) is 35.2 Å². The van der Waals surface area contributed by atoms with Crippen LogP contribution in [-0.4, -0.2) is 0 Å². The van der Waals surface area contributed by atoms with E-state index in [0.717, 1.165) is 0 Å². The Morgan fingerprint density at radius 1 is 1.18 bits per heavy atom. The lowest BCUT2D eigenvalue weighted by atomic mass is 10.3. The fraction of sp³-hybridized carbons (Fsp3) is 0. The van der Waals surface area contributed by atoms with Crippen molar-refractivity contribution in [1.82, 2.24) is 0 Å². The standard InChI is InChI=1S/C12H8BrClFNO/c13-9-3-2-8(6-10(9)15)17-12-4-1-7(14)5-11(12)16/h1-6H,16H2. The second-order valence-electron chi connectivity index (χ2n) is 3.36. The highest BCUT2D eigenvalue weighted by molar-refractivity contribution is 9.10. The third kappa shape index (κ3) is 2.90. The molecule has 2 aromatic rings. The van der Waals surface area contributed by atoms with Gasteiger partial charge in [0.15, 0.2) is 0 Å². The first-order chi connectivity index (χ1) is 8.06. The van der Waals surface area contributed by atoms with Gasteiger partial charge in [0.2, 0.25) is 0 Å². The summed E-state index contributed by atoms with van der Waals surface area (Å²) in [4.78, 5) is 0. The van der Waals surface area contributed by atoms with Gasteiger partial charge >= 0.3 is 0 Å². The Hall–Kier alpha value is -1.26. The van der Waals surface area contributed by atoms with Crippen LogP contribution in [0.5, 0.6) is 11.5 Å². The minimum atomic E-state index is -0.393. The van der Waals surface area contributed by atoms with Gasteiger partial charge in [0.1, 0.15) is 17.3 Å². The Morgan fingerprint density at radius 3 is 2.59 bits per heavy atom. The van der Waals surface area contributed by atoms with E-state index in [1.807, 2.05) is 0 Å². The van der Waals surface area contributed by atoms with Gasteiger partial charge < -0.3 is 10.5 Å². The highest BCUT2D eigenvalue weighted by atomic mass is 79.9. The quantitative estimate of drug-likeness (QED) is 0.821. The minimum absolute atomic E-state index is 0.375. The molecule has 2 nitrogen and oxygen atoms in total. The van der Waals surface area contributed by atoms with Crippen molar-refractivity contribution in [3.05, 3.63) is 51.7 Å². The van der Waals surface area contributed by atoms with E-state index in [0.29, 0.717) is 26.7 Å². The maximum atomic E-state index is 13.3. The molecule has 2 N–H and O–H groups in total. The summed E-state index contributed by atoms with van der Waals surface area (Å²) < 4.78 is 19.1. The molecule has 0 bridgehead atoms. The highest BCUT2D eigenvalue weighted by Gasteiger charge is 2.05. The van der Waals surface area contributed by atoms with Crippen LogP contribution in [0.4, 0.5) is 10.1 Å². The zero-order chi connectivity index (χ0) is 12.4. The van der Waals surface area contributed by atoms with E-state index in [1.54, 1.807) is 30.3 Å². The van der Waals surface area contributed by atoms with E-state index in [1.165, 1.54) is 6.07 Å². The monoisotopic (exact) mass is 315 g/mol. The van der Waals surface area contributed by atoms with Gasteiger partial charge in [0.25, 0.3) is 0 Å². The fourth-order valence-electron chi connectivity index (χ4n) is 1.28. The van der Waals surface area contributed by atoms with Crippen LogP contribution in [0.25, 0.3) is 0 Å². The normalized spacial score (nSPS) is 10.3. The molecule has 0 radical (unpaired) electrons. The number of halogens is 3. The average molecular weight is 317 g/mol. The molecule has 0 unspecified atom stereocenters. The van der Waals surface area contributed by atoms with Crippen LogP contribution in [0.2, 0.25) is 5.02 Å². The van der Waals surface area contributed by atoms with Gasteiger partial charge in [-0.3, -0.25) is 0 Å². The summed E-state index contributed by atoms with van der Waals surface area (Å²) in [7, 11) is 0. The summed E-state index contributed by atoms with van der Waals surface area (Å²) in [5, 5.41) is 0.525. The zero-order valence-corrected chi connectivity index (χ0v) is 10.9. The van der Waals surface area contributed by atoms with Gasteiger partial charge in [-0.2, -0.15) is 0 Å². The van der Waals surface area contributed by atoms with Crippen molar-refractivity contribution in [3.63, 3.8) is 0 Å². The van der Waals surface area contributed by atoms with Crippen LogP contribution in [0.3, 0.4) is 0 Å². The van der Waals surface area contributed by atoms with Crippen LogP contribution >= 0.6 is 27.5 Å². The van der Waals surface area contributed by atoms with Crippen molar-refractivity contribution in [1.29, 1.82) is 0 Å². The molecular weight excluding hydrogens is 308 g/mol. The van der Waals surface area contributed by atoms with Gasteiger partial charge in [-0.1, -0.05) is 11.6 Å². The molecular formula is C12H8BrClFNO. The average Bonchev–Trinajstić information content (AvgIpc) is 2.27. The lowest BCUT2D eigenvalue weighted by Gasteiger charge is -2.09. The Labute approximate surface area is 111 Å². The Balaban J connectivity index is 2.28. The van der Waals surface area contributed by atoms with Crippen LogP contribution in [0.15, 0.2) is 40.9 Å². The lowest BCUT2D eigenvalue weighted by molar-refractivity contribution is 0.478. The molecule has 0 aliphatic heterocycles. The van der Waals surface area contributed by atoms with Crippen molar-refractivity contribution in [2.75, 3.05) is 5.73 Å². The number of ether oxygens (including phenoxy) is 1. The molecule has 0 spiro atoms. The minimum Gasteiger partial charge on any atom is -0.455 e. The predicted molar refractivity (Wildman–Crippen MR) is 70.0 cm³/mol. The molecule has 0 atom stereocenters. The molecule has 0 aliphatic carbocycles. The second kappa shape index (κ2) is 4.94. The fourth-order valence-corrected chi connectivity index (χ4v) is 1.71. The van der Waals surface area contributed by atoms with Crippen molar-refractivity contribution < 1.29 is 9.13 Å². The van der Waals surface area contributed by atoms with Crippen LogP contribution in [-0.2, 0) is 0 Å². The second-order valence-corrected chi connectivity index (χ2v) is 4.65. The summed E-state index contributed by atoms with van der Waals surface area (Å²) in [5.41, 5.74) is 6.13. The largest absolute Gasteiger partial charge is 0.455 e. The SMILES string of the molecule is Nc1cc(Cl)ccc1Oc1ccc(Br)c(F)c1. The third-order valence-electron chi connectivity index (χ3n) is 2.09. The molecule has 0 aromatic heterocycles. The third-order valence-corrected chi connectivity index (χ3v) is 2.97. The first-order valence-electron chi connectivity index (χ1n) is 4.74. The van der Waals surface area contributed by atoms with Gasteiger partial charge in [0.05, 0.1) is 10.2 Å². The van der Waals surface area contributed by atoms with E-state index >= 15 is 0 Å². The number of hydrogen-bond donors (Lipinski definition) is 1. The van der Waals surface area contributed by atoms with Crippen LogP contribution in [0.1, 0.15) is 0 Å². The summed E-state index contributed by atoms with van der Waals surface area (Å²) in [5.74, 6) is 0.422. The maximum absolute atomic E-state index is 13.3. The molecule has 2 aromatic carbocycles. The van der Waals surface area contributed by atoms with Crippen molar-refractivity contribution >= 4 is 33.2 Å². The van der Waals surface area contributed by atoms with Gasteiger partial charge in [0, 0.05) is 11.1 Å². The first-order valence-corrected chi connectivity index (χ1v) is 5.91. The maximum Gasteiger partial charge on any atom is 0.150 e. The number of hydrogen-bond acceptors (Lipinski definition) is 2. The van der Waals surface area contributed by atoms with Gasteiger partial charge in [-0.25, -0.2) is 4.39 Å². The van der Waals surface area contributed by atoms with Gasteiger partial charge in [-0.05, 0) is 46.3 Å². The molecule has 88 valence electrons. The summed E-state index contributed by atoms with van der Waals surface area (Å²) in [6.45, 7) is 0. The van der Waals surface area contributed by atoms with Crippen LogP contribution in [0, 0.1) is 5.82 Å². The number of rotatable bonds is 2. The van der Waals surface area contributed by atoms with E-state index in [9.17, 15) is 4.39 Å². The molecule has 0 amide bonds. The molecule has 0 saturated heterocycles. The van der Waals surface area contributed by atoms with E-state index in [2.05, 4.69) is 15.9 Å². The van der Waals surface area contributed by atoms with Crippen molar-refractivity contribution in [2.24, 2.45) is 0 Å². The van der Waals surface area contributed by atoms with Crippen molar-refractivity contribution in [2.45, 2.75) is 0 Å². The first kappa shape index (κ1) is 12.2. The number of anilines is 1. The highest BCUT2D eigenvalue weighted by Crippen LogP contribution is 2.31. The smallest absolute Gasteiger partial charge is 0.150 e. The van der Waals surface area contributed by atoms with E-state index < -0.39 is 5.82 Å². The zero-order valence-electron chi connectivity index (χ0n) is 8.58. The number of nitrogens with two attached hydrogens (primary N) is 1. The summed E-state index contributed by atoms with van der Waals surface area (Å²) in [6, 6.07) is 9.35. The number of nitrogen functional groups attached to an aromatic ring is 1. The molecule has 17 heavy (non-hydrogen) atoms. The molecule has 0 heterocycles. The Morgan fingerprint density at radius 2 is 1.94 bits per heavy atom. The molecule has 0 aliphatic rings. The molecule has 0 fully saturated rings. The molecule has 2 rings (SSSR count). The van der Waals surface area contributed by atoms with E-state index in [4.69, 9.17) is 22.1 Å².